The maximum atomic E-state index is 12.6. The second-order valence-electron chi connectivity index (χ2n) is 5.32. The van der Waals surface area contributed by atoms with Gasteiger partial charge in [0.25, 0.3) is 0 Å². The fraction of sp³-hybridized carbons (Fsp3) is 0.615. The average molecular weight is 279 g/mol. The second-order valence-corrected chi connectivity index (χ2v) is 5.32. The Bertz CT molecular complexity index is 541. The van der Waals surface area contributed by atoms with E-state index >= 15 is 0 Å². The zero-order valence-electron chi connectivity index (χ0n) is 11.2. The summed E-state index contributed by atoms with van der Waals surface area (Å²) in [5.41, 5.74) is 1.56. The van der Waals surface area contributed by atoms with Crippen LogP contribution in [0.1, 0.15) is 24.7 Å². The van der Waals surface area contributed by atoms with Crippen LogP contribution in [0.3, 0.4) is 0 Å². The summed E-state index contributed by atoms with van der Waals surface area (Å²) in [5.74, 6) is -1.37. The van der Waals surface area contributed by atoms with E-state index in [0.29, 0.717) is 13.0 Å². The minimum Gasteiger partial charge on any atom is -0.480 e. The summed E-state index contributed by atoms with van der Waals surface area (Å²) >= 11 is 0. The van der Waals surface area contributed by atoms with Gasteiger partial charge < -0.3 is 19.7 Å². The number of aliphatic carboxylic acids is 1. The van der Waals surface area contributed by atoms with Crippen LogP contribution in [-0.4, -0.2) is 50.6 Å². The molecule has 3 atom stereocenters. The molecule has 1 fully saturated rings. The van der Waals surface area contributed by atoms with Crippen LogP contribution in [-0.2, 0) is 27.3 Å². The first kappa shape index (κ1) is 13.1. The summed E-state index contributed by atoms with van der Waals surface area (Å²) in [6.07, 6.45) is 2.29. The minimum absolute atomic E-state index is 0.136. The van der Waals surface area contributed by atoms with Crippen molar-refractivity contribution in [2.45, 2.75) is 38.5 Å². The van der Waals surface area contributed by atoms with Crippen molar-refractivity contribution in [1.82, 2.24) is 14.9 Å². The highest BCUT2D eigenvalue weighted by Crippen LogP contribution is 2.28. The largest absolute Gasteiger partial charge is 0.480 e. The van der Waals surface area contributed by atoms with Crippen LogP contribution in [0.25, 0.3) is 0 Å². The minimum atomic E-state index is -0.987. The van der Waals surface area contributed by atoms with Crippen LogP contribution in [0, 0.1) is 5.92 Å². The van der Waals surface area contributed by atoms with Crippen LogP contribution in [0.4, 0.5) is 0 Å². The molecule has 1 aromatic rings. The number of ether oxygens (including phenoxy) is 1. The number of carbonyl (C=O) groups is 2. The van der Waals surface area contributed by atoms with E-state index in [9.17, 15) is 14.7 Å². The number of fused-ring (bicyclic) bond motifs is 1. The normalized spacial score (nSPS) is 29.2. The van der Waals surface area contributed by atoms with Crippen LogP contribution in [0.2, 0.25) is 0 Å². The molecule has 0 aromatic carbocycles. The molecule has 7 nitrogen and oxygen atoms in total. The van der Waals surface area contributed by atoms with Crippen molar-refractivity contribution in [1.29, 1.82) is 0 Å². The van der Waals surface area contributed by atoms with Crippen molar-refractivity contribution < 1.29 is 19.4 Å². The summed E-state index contributed by atoms with van der Waals surface area (Å²) in [6.45, 7) is 2.68. The number of nitrogens with one attached hydrogen (secondary N) is 1. The molecule has 1 amide bonds. The molecular weight excluding hydrogens is 262 g/mol. The molecule has 2 N–H and O–H groups in total. The molecular formula is C13H17N3O4. The van der Waals surface area contributed by atoms with E-state index in [2.05, 4.69) is 9.97 Å². The van der Waals surface area contributed by atoms with Crippen LogP contribution >= 0.6 is 0 Å². The molecule has 7 heteroatoms. The van der Waals surface area contributed by atoms with Crippen LogP contribution < -0.4 is 0 Å². The highest BCUT2D eigenvalue weighted by molar-refractivity contribution is 5.86. The number of carboxylic acid groups (broad SMARTS) is 1. The lowest BCUT2D eigenvalue weighted by molar-refractivity contribution is -0.154. The molecule has 0 radical (unpaired) electrons. The van der Waals surface area contributed by atoms with Crippen molar-refractivity contribution >= 4 is 11.9 Å². The predicted molar refractivity (Wildman–Crippen MR) is 67.8 cm³/mol. The van der Waals surface area contributed by atoms with Crippen molar-refractivity contribution in [2.24, 2.45) is 5.92 Å². The number of hydrogen-bond donors (Lipinski definition) is 2. The molecule has 108 valence electrons. The summed E-state index contributed by atoms with van der Waals surface area (Å²) < 4.78 is 5.41. The molecule has 1 saturated heterocycles. The lowest BCUT2D eigenvalue weighted by Gasteiger charge is -2.34. The lowest BCUT2D eigenvalue weighted by Crippen LogP contribution is -2.51. The third-order valence-electron chi connectivity index (χ3n) is 4.16. The average Bonchev–Trinajstić information content (AvgIpc) is 3.04. The van der Waals surface area contributed by atoms with E-state index in [0.717, 1.165) is 11.4 Å². The summed E-state index contributed by atoms with van der Waals surface area (Å²) in [5, 5.41) is 9.37. The predicted octanol–water partition coefficient (Wildman–Crippen LogP) is 0.173. The van der Waals surface area contributed by atoms with Crippen molar-refractivity contribution in [3.8, 4) is 0 Å². The maximum absolute atomic E-state index is 12.6. The Kier molecular flexibility index (Phi) is 3.21. The van der Waals surface area contributed by atoms with Gasteiger partial charge in [-0.3, -0.25) is 4.79 Å². The van der Waals surface area contributed by atoms with E-state index in [1.165, 1.54) is 4.90 Å². The van der Waals surface area contributed by atoms with Gasteiger partial charge in [-0.25, -0.2) is 9.78 Å². The Hall–Kier alpha value is -1.89. The number of amides is 1. The molecule has 3 rings (SSSR count). The van der Waals surface area contributed by atoms with Gasteiger partial charge in [-0.05, 0) is 13.3 Å². The smallest absolute Gasteiger partial charge is 0.326 e. The third kappa shape index (κ3) is 2.07. The zero-order chi connectivity index (χ0) is 14.3. The fourth-order valence-corrected chi connectivity index (χ4v) is 2.96. The number of carboxylic acids is 1. The molecule has 0 bridgehead atoms. The van der Waals surface area contributed by atoms with Gasteiger partial charge in [0.1, 0.15) is 6.04 Å². The zero-order valence-corrected chi connectivity index (χ0v) is 11.2. The summed E-state index contributed by atoms with van der Waals surface area (Å²) in [6, 6.07) is -0.842. The molecule has 2 aliphatic heterocycles. The van der Waals surface area contributed by atoms with Gasteiger partial charge in [-0.1, -0.05) is 0 Å². The SMILES string of the molecule is CC1OCCC1C(=O)N1Cc2[nH]cnc2CC1C(=O)O. The highest BCUT2D eigenvalue weighted by Gasteiger charge is 2.41. The number of rotatable bonds is 2. The van der Waals surface area contributed by atoms with Gasteiger partial charge in [-0.15, -0.1) is 0 Å². The van der Waals surface area contributed by atoms with Gasteiger partial charge in [0.15, 0.2) is 0 Å². The molecule has 3 unspecified atom stereocenters. The van der Waals surface area contributed by atoms with Crippen molar-refractivity contribution in [2.75, 3.05) is 6.61 Å². The number of hydrogen-bond acceptors (Lipinski definition) is 4. The molecule has 1 aromatic heterocycles. The number of aromatic amines is 1. The number of nitrogens with zero attached hydrogens (tertiary/aromatic N) is 2. The first-order chi connectivity index (χ1) is 9.58. The lowest BCUT2D eigenvalue weighted by atomic mass is 9.96. The van der Waals surface area contributed by atoms with Gasteiger partial charge >= 0.3 is 5.97 Å². The maximum Gasteiger partial charge on any atom is 0.326 e. The van der Waals surface area contributed by atoms with Crippen molar-refractivity contribution in [3.05, 3.63) is 17.7 Å². The van der Waals surface area contributed by atoms with Crippen LogP contribution in [0.15, 0.2) is 6.33 Å². The first-order valence-corrected chi connectivity index (χ1v) is 6.74. The van der Waals surface area contributed by atoms with Gasteiger partial charge in [0.2, 0.25) is 5.91 Å². The topological polar surface area (TPSA) is 95.5 Å². The van der Waals surface area contributed by atoms with E-state index in [1.807, 2.05) is 6.92 Å². The van der Waals surface area contributed by atoms with E-state index in [4.69, 9.17) is 4.74 Å². The molecule has 0 aliphatic carbocycles. The molecule has 0 saturated carbocycles. The Morgan fingerprint density at radius 3 is 3.00 bits per heavy atom. The van der Waals surface area contributed by atoms with Gasteiger partial charge in [-0.2, -0.15) is 0 Å². The summed E-state index contributed by atoms with van der Waals surface area (Å²) in [4.78, 5) is 32.6. The van der Waals surface area contributed by atoms with E-state index < -0.39 is 12.0 Å². The molecule has 20 heavy (non-hydrogen) atoms. The molecule has 3 heterocycles. The van der Waals surface area contributed by atoms with Crippen LogP contribution in [0.5, 0.6) is 0 Å². The monoisotopic (exact) mass is 279 g/mol. The van der Waals surface area contributed by atoms with Crippen molar-refractivity contribution in [3.63, 3.8) is 0 Å². The Morgan fingerprint density at radius 2 is 2.35 bits per heavy atom. The number of aromatic nitrogens is 2. The molecule has 0 spiro atoms. The second kappa shape index (κ2) is 4.90. The van der Waals surface area contributed by atoms with Gasteiger partial charge in [0, 0.05) is 13.0 Å². The Morgan fingerprint density at radius 1 is 1.55 bits per heavy atom. The Balaban J connectivity index is 1.86. The number of carbonyl (C=O) groups excluding carboxylic acids is 1. The summed E-state index contributed by atoms with van der Waals surface area (Å²) in [7, 11) is 0. The Labute approximate surface area is 115 Å². The first-order valence-electron chi connectivity index (χ1n) is 6.74. The van der Waals surface area contributed by atoms with Gasteiger partial charge in [0.05, 0.1) is 36.3 Å². The standard InChI is InChI=1S/C13H17N3O4/c1-7-8(2-3-20-7)12(17)16-5-10-9(14-6-15-10)4-11(16)13(18)19/h6-8,11H,2-5H2,1H3,(H,14,15)(H,18,19). The quantitative estimate of drug-likeness (QED) is 0.804. The van der Waals surface area contributed by atoms with E-state index in [-0.39, 0.29) is 30.9 Å². The number of H-pyrrole nitrogens is 1. The van der Waals surface area contributed by atoms with E-state index in [1.54, 1.807) is 6.33 Å². The molecule has 2 aliphatic rings. The highest BCUT2D eigenvalue weighted by atomic mass is 16.5. The number of imidazole rings is 1. The fourth-order valence-electron chi connectivity index (χ4n) is 2.96. The third-order valence-corrected chi connectivity index (χ3v) is 4.16.